The summed E-state index contributed by atoms with van der Waals surface area (Å²) in [5.41, 5.74) is 0.474. The van der Waals surface area contributed by atoms with Crippen LogP contribution in [0.3, 0.4) is 0 Å². The van der Waals surface area contributed by atoms with Gasteiger partial charge in [-0.15, -0.1) is 0 Å². The van der Waals surface area contributed by atoms with E-state index < -0.39 is 5.54 Å². The molecule has 0 aromatic carbocycles. The lowest BCUT2D eigenvalue weighted by atomic mass is 9.89. The second kappa shape index (κ2) is 7.02. The summed E-state index contributed by atoms with van der Waals surface area (Å²) in [5.74, 6) is 0.236. The molecular weight excluding hydrogens is 250 g/mol. The molecular formula is C16H29N3O. The highest BCUT2D eigenvalue weighted by Gasteiger charge is 2.33. The van der Waals surface area contributed by atoms with E-state index in [4.69, 9.17) is 0 Å². The SMILES string of the molecule is CCC(CC)n1ccc(CC(=O)C(C)(CC)N(C)C)n1. The second-order valence-electron chi connectivity index (χ2n) is 5.88. The van der Waals surface area contributed by atoms with Gasteiger partial charge in [0.05, 0.1) is 23.7 Å². The Labute approximate surface area is 123 Å². The number of carbonyl (C=O) groups excluding carboxylic acids is 1. The molecule has 4 heteroatoms. The van der Waals surface area contributed by atoms with Crippen molar-refractivity contribution in [1.29, 1.82) is 0 Å². The van der Waals surface area contributed by atoms with Crippen LogP contribution in [0.15, 0.2) is 12.3 Å². The number of carbonyl (C=O) groups is 1. The van der Waals surface area contributed by atoms with Gasteiger partial charge in [-0.2, -0.15) is 5.10 Å². The first-order valence-electron chi connectivity index (χ1n) is 7.63. The summed E-state index contributed by atoms with van der Waals surface area (Å²) in [6.07, 6.45) is 5.35. The number of nitrogens with zero attached hydrogens (tertiary/aromatic N) is 3. The smallest absolute Gasteiger partial charge is 0.158 e. The van der Waals surface area contributed by atoms with Crippen LogP contribution < -0.4 is 0 Å². The standard InChI is InChI=1S/C16H29N3O/c1-7-14(8-2)19-11-10-13(17-19)12-15(20)16(4,9-3)18(5)6/h10-11,14H,7-9,12H2,1-6H3. The topological polar surface area (TPSA) is 38.1 Å². The van der Waals surface area contributed by atoms with E-state index in [2.05, 4.69) is 25.9 Å². The molecule has 1 heterocycles. The van der Waals surface area contributed by atoms with E-state index in [1.165, 1.54) is 0 Å². The minimum atomic E-state index is -0.404. The zero-order valence-electron chi connectivity index (χ0n) is 13.8. The van der Waals surface area contributed by atoms with E-state index in [-0.39, 0.29) is 5.78 Å². The highest BCUT2D eigenvalue weighted by Crippen LogP contribution is 2.20. The fourth-order valence-corrected chi connectivity index (χ4v) is 2.46. The normalized spacial score (nSPS) is 14.8. The van der Waals surface area contributed by atoms with Crippen LogP contribution in [-0.4, -0.2) is 40.1 Å². The molecule has 0 saturated heterocycles. The van der Waals surface area contributed by atoms with Crippen LogP contribution in [-0.2, 0) is 11.2 Å². The van der Waals surface area contributed by atoms with Gasteiger partial charge in [0.2, 0.25) is 0 Å². The van der Waals surface area contributed by atoms with Crippen LogP contribution in [0.1, 0.15) is 58.7 Å². The summed E-state index contributed by atoms with van der Waals surface area (Å²) in [4.78, 5) is 14.5. The molecule has 0 aliphatic rings. The van der Waals surface area contributed by atoms with E-state index in [0.717, 1.165) is 25.0 Å². The van der Waals surface area contributed by atoms with E-state index in [1.54, 1.807) is 0 Å². The van der Waals surface area contributed by atoms with Crippen LogP contribution >= 0.6 is 0 Å². The summed E-state index contributed by atoms with van der Waals surface area (Å²) in [5, 5.41) is 4.58. The van der Waals surface area contributed by atoms with Crippen molar-refractivity contribution in [1.82, 2.24) is 14.7 Å². The van der Waals surface area contributed by atoms with Gasteiger partial charge in [0.25, 0.3) is 0 Å². The number of ketones is 1. The minimum Gasteiger partial charge on any atom is -0.297 e. The molecule has 0 radical (unpaired) electrons. The largest absolute Gasteiger partial charge is 0.297 e. The fraction of sp³-hybridized carbons (Fsp3) is 0.750. The molecule has 0 amide bonds. The Hall–Kier alpha value is -1.16. The van der Waals surface area contributed by atoms with Gasteiger partial charge in [0.1, 0.15) is 0 Å². The molecule has 0 spiro atoms. The van der Waals surface area contributed by atoms with Gasteiger partial charge in [-0.1, -0.05) is 20.8 Å². The lowest BCUT2D eigenvalue weighted by Crippen LogP contribution is -2.48. The van der Waals surface area contributed by atoms with Crippen molar-refractivity contribution in [3.8, 4) is 0 Å². The third-order valence-corrected chi connectivity index (χ3v) is 4.60. The van der Waals surface area contributed by atoms with Gasteiger partial charge in [-0.3, -0.25) is 14.4 Å². The lowest BCUT2D eigenvalue weighted by molar-refractivity contribution is -0.128. The highest BCUT2D eigenvalue weighted by atomic mass is 16.1. The predicted octanol–water partition coefficient (Wildman–Crippen LogP) is 3.09. The maximum absolute atomic E-state index is 12.5. The van der Waals surface area contributed by atoms with Gasteiger partial charge in [0, 0.05) is 6.20 Å². The first-order chi connectivity index (χ1) is 9.38. The Morgan fingerprint density at radius 1 is 1.35 bits per heavy atom. The fourth-order valence-electron chi connectivity index (χ4n) is 2.46. The number of hydrogen-bond donors (Lipinski definition) is 0. The molecule has 1 rings (SSSR count). The molecule has 0 aliphatic carbocycles. The lowest BCUT2D eigenvalue weighted by Gasteiger charge is -2.33. The maximum atomic E-state index is 12.5. The van der Waals surface area contributed by atoms with Crippen LogP contribution in [0.25, 0.3) is 0 Å². The summed E-state index contributed by atoms with van der Waals surface area (Å²) < 4.78 is 2.00. The Bertz CT molecular complexity index is 435. The first kappa shape index (κ1) is 16.9. The number of hydrogen-bond acceptors (Lipinski definition) is 3. The minimum absolute atomic E-state index is 0.236. The molecule has 1 aromatic rings. The highest BCUT2D eigenvalue weighted by molar-refractivity contribution is 5.89. The molecule has 0 saturated carbocycles. The van der Waals surface area contributed by atoms with Crippen LogP contribution in [0.5, 0.6) is 0 Å². The Kier molecular flexibility index (Phi) is 5.93. The Morgan fingerprint density at radius 3 is 2.40 bits per heavy atom. The zero-order valence-corrected chi connectivity index (χ0v) is 13.8. The third kappa shape index (κ3) is 3.48. The number of likely N-dealkylation sites (N-methyl/N-ethyl adjacent to an activating group) is 1. The first-order valence-corrected chi connectivity index (χ1v) is 7.63. The summed E-state index contributed by atoms with van der Waals surface area (Å²) in [6.45, 7) is 8.40. The molecule has 0 N–H and O–H groups in total. The molecule has 114 valence electrons. The van der Waals surface area contributed by atoms with Crippen LogP contribution in [0.2, 0.25) is 0 Å². The van der Waals surface area contributed by atoms with Crippen LogP contribution in [0, 0.1) is 0 Å². The molecule has 20 heavy (non-hydrogen) atoms. The monoisotopic (exact) mass is 279 g/mol. The second-order valence-corrected chi connectivity index (χ2v) is 5.88. The zero-order chi connectivity index (χ0) is 15.3. The van der Waals surface area contributed by atoms with Crippen molar-refractivity contribution >= 4 is 5.78 Å². The third-order valence-electron chi connectivity index (χ3n) is 4.60. The van der Waals surface area contributed by atoms with Gasteiger partial charge in [0.15, 0.2) is 5.78 Å². The Morgan fingerprint density at radius 2 is 1.95 bits per heavy atom. The number of aromatic nitrogens is 2. The van der Waals surface area contributed by atoms with Crippen molar-refractivity contribution in [2.45, 2.75) is 65.0 Å². The molecule has 1 atom stereocenters. The quantitative estimate of drug-likeness (QED) is 0.734. The maximum Gasteiger partial charge on any atom is 0.158 e. The molecule has 0 bridgehead atoms. The van der Waals surface area contributed by atoms with Gasteiger partial charge in [-0.25, -0.2) is 0 Å². The van der Waals surface area contributed by atoms with Crippen molar-refractivity contribution in [3.05, 3.63) is 18.0 Å². The van der Waals surface area contributed by atoms with E-state index in [1.807, 2.05) is 42.9 Å². The summed E-state index contributed by atoms with van der Waals surface area (Å²) in [6, 6.07) is 2.41. The van der Waals surface area contributed by atoms with Crippen molar-refractivity contribution < 1.29 is 4.79 Å². The molecule has 0 aliphatic heterocycles. The predicted molar refractivity (Wildman–Crippen MR) is 82.9 cm³/mol. The average Bonchev–Trinajstić information content (AvgIpc) is 2.87. The van der Waals surface area contributed by atoms with Gasteiger partial charge in [-0.05, 0) is 46.3 Å². The summed E-state index contributed by atoms with van der Waals surface area (Å²) >= 11 is 0. The van der Waals surface area contributed by atoms with Crippen molar-refractivity contribution in [2.75, 3.05) is 14.1 Å². The number of Topliss-reactive ketones (excluding diaryl/α,β-unsaturated/α-hetero) is 1. The van der Waals surface area contributed by atoms with Crippen molar-refractivity contribution in [2.24, 2.45) is 0 Å². The van der Waals surface area contributed by atoms with Crippen LogP contribution in [0.4, 0.5) is 0 Å². The van der Waals surface area contributed by atoms with Gasteiger partial charge < -0.3 is 0 Å². The number of rotatable bonds is 8. The summed E-state index contributed by atoms with van der Waals surface area (Å²) in [7, 11) is 3.92. The van der Waals surface area contributed by atoms with Crippen molar-refractivity contribution in [3.63, 3.8) is 0 Å². The molecule has 0 fully saturated rings. The van der Waals surface area contributed by atoms with E-state index in [0.29, 0.717) is 12.5 Å². The van der Waals surface area contributed by atoms with E-state index >= 15 is 0 Å². The average molecular weight is 279 g/mol. The molecule has 1 aromatic heterocycles. The molecule has 1 unspecified atom stereocenters. The van der Waals surface area contributed by atoms with E-state index in [9.17, 15) is 4.79 Å². The van der Waals surface area contributed by atoms with Gasteiger partial charge >= 0.3 is 0 Å². The molecule has 4 nitrogen and oxygen atoms in total. The Balaban J connectivity index is 2.81.